The summed E-state index contributed by atoms with van der Waals surface area (Å²) in [5, 5.41) is 14.9. The van der Waals surface area contributed by atoms with Gasteiger partial charge >= 0.3 is 0 Å². The molecule has 1 amide bonds. The number of rotatable bonds is 15. The van der Waals surface area contributed by atoms with E-state index in [9.17, 15) is 4.79 Å². The fourth-order valence-electron chi connectivity index (χ4n) is 4.68. The zero-order valence-electron chi connectivity index (χ0n) is 26.1. The van der Waals surface area contributed by atoms with E-state index in [1.54, 1.807) is 12.1 Å². The lowest BCUT2D eigenvalue weighted by molar-refractivity contribution is 0.0947. The van der Waals surface area contributed by atoms with Crippen LogP contribution in [0.1, 0.15) is 59.6 Å². The highest BCUT2D eigenvalue weighted by Crippen LogP contribution is 2.44. The van der Waals surface area contributed by atoms with Crippen LogP contribution in [0, 0.1) is 0 Å². The van der Waals surface area contributed by atoms with E-state index in [2.05, 4.69) is 41.2 Å². The van der Waals surface area contributed by atoms with Crippen molar-refractivity contribution in [3.8, 4) is 34.1 Å². The van der Waals surface area contributed by atoms with E-state index in [4.69, 9.17) is 23.4 Å². The van der Waals surface area contributed by atoms with Crippen molar-refractivity contribution in [3.05, 3.63) is 120 Å². The van der Waals surface area contributed by atoms with E-state index in [0.717, 1.165) is 16.7 Å². The molecule has 2 heterocycles. The second-order valence-corrected chi connectivity index (χ2v) is 10.6. The maximum atomic E-state index is 13.2. The molecule has 5 rings (SSSR count). The number of carbonyl (C=O) groups excluding carboxylic acids is 1. The summed E-state index contributed by atoms with van der Waals surface area (Å²) in [7, 11) is 0. The van der Waals surface area contributed by atoms with Crippen molar-refractivity contribution in [2.45, 2.75) is 39.9 Å². The van der Waals surface area contributed by atoms with Crippen molar-refractivity contribution in [3.63, 3.8) is 0 Å². The van der Waals surface area contributed by atoms with E-state index in [0.29, 0.717) is 41.5 Å². The number of hydrogen-bond donors (Lipinski definition) is 1. The Kier molecular flexibility index (Phi) is 10.6. The van der Waals surface area contributed by atoms with Crippen LogP contribution in [0.4, 0.5) is 0 Å². The summed E-state index contributed by atoms with van der Waals surface area (Å²) >= 11 is 0. The van der Waals surface area contributed by atoms with Crippen LogP contribution in [0.2, 0.25) is 0 Å². The fourth-order valence-corrected chi connectivity index (χ4v) is 4.68. The van der Waals surface area contributed by atoms with Gasteiger partial charge in [0.2, 0.25) is 0 Å². The molecule has 0 aliphatic rings. The van der Waals surface area contributed by atoms with Crippen LogP contribution >= 0.6 is 0 Å². The first-order valence-corrected chi connectivity index (χ1v) is 15.0. The Morgan fingerprint density at radius 1 is 0.935 bits per heavy atom. The first-order chi connectivity index (χ1) is 22.5. The van der Waals surface area contributed by atoms with Gasteiger partial charge in [-0.2, -0.15) is 0 Å². The molecule has 10 nitrogen and oxygen atoms in total. The molecule has 2 aromatic heterocycles. The van der Waals surface area contributed by atoms with Crippen molar-refractivity contribution in [1.29, 1.82) is 0 Å². The van der Waals surface area contributed by atoms with Gasteiger partial charge in [0.15, 0.2) is 17.2 Å². The summed E-state index contributed by atoms with van der Waals surface area (Å²) < 4.78 is 24.4. The Bertz CT molecular complexity index is 1780. The molecule has 0 fully saturated rings. The summed E-state index contributed by atoms with van der Waals surface area (Å²) in [6.07, 6.45) is 2.98. The van der Waals surface area contributed by atoms with Crippen molar-refractivity contribution in [2.24, 2.45) is 5.16 Å². The van der Waals surface area contributed by atoms with Gasteiger partial charge < -0.3 is 28.7 Å². The molecule has 0 aliphatic carbocycles. The lowest BCUT2D eigenvalue weighted by Gasteiger charge is -2.19. The highest BCUT2D eigenvalue weighted by atomic mass is 16.6. The quantitative estimate of drug-likeness (QED) is 0.0551. The molecule has 1 N–H and O–H groups in total. The smallest absolute Gasteiger partial charge is 0.274 e. The average molecular weight is 621 g/mol. The molecule has 0 atom stereocenters. The summed E-state index contributed by atoms with van der Waals surface area (Å²) in [5.74, 6) is 1.34. The molecule has 0 radical (unpaired) electrons. The topological polar surface area (TPSA) is 121 Å². The Labute approximate surface area is 267 Å². The first-order valence-electron chi connectivity index (χ1n) is 15.0. The van der Waals surface area contributed by atoms with E-state index >= 15 is 0 Å². The molecule has 0 spiro atoms. The molecule has 236 valence electrons. The molecule has 46 heavy (non-hydrogen) atoms. The van der Waals surface area contributed by atoms with Crippen molar-refractivity contribution in [1.82, 2.24) is 15.6 Å². The molecular formula is C36H36N4O6. The number of nitrogens with zero attached hydrogens (tertiary/aromatic N) is 3. The maximum absolute atomic E-state index is 13.2. The SMILES string of the molecule is C=CCON=Cc1cc(-c2c(C(=O)NCC)noc2-c2cc(C(C)C)c(OCc3ccccc3)cc2OCc2ccccc2)on1. The minimum atomic E-state index is -0.424. The molecule has 0 aliphatic heterocycles. The second-order valence-electron chi connectivity index (χ2n) is 10.6. The standard InChI is InChI=1S/C36H36N4O6/c1-5-17-44-38-21-27-18-32(45-39-27)33-34(36(41)37-6-2)40-46-35(33)29-19-28(24(3)4)30(42-22-25-13-9-7-10-14-25)20-31(29)43-23-26-15-11-8-12-16-26/h5,7-16,18-21,24H,1,6,17,22-23H2,2-4H3,(H,37,41). The predicted molar refractivity (Wildman–Crippen MR) is 175 cm³/mol. The van der Waals surface area contributed by atoms with Crippen molar-refractivity contribution >= 4 is 12.1 Å². The normalized spacial score (nSPS) is 11.1. The van der Waals surface area contributed by atoms with E-state index in [-0.39, 0.29) is 36.3 Å². The third kappa shape index (κ3) is 7.71. The monoisotopic (exact) mass is 620 g/mol. The summed E-state index contributed by atoms with van der Waals surface area (Å²) in [6.45, 7) is 10.9. The zero-order valence-corrected chi connectivity index (χ0v) is 26.1. The van der Waals surface area contributed by atoms with Crippen molar-refractivity contribution < 1.29 is 28.2 Å². The van der Waals surface area contributed by atoms with Gasteiger partial charge in [0, 0.05) is 18.7 Å². The number of carbonyl (C=O) groups is 1. The maximum Gasteiger partial charge on any atom is 0.274 e. The third-order valence-electron chi connectivity index (χ3n) is 6.92. The Morgan fingerprint density at radius 3 is 2.24 bits per heavy atom. The summed E-state index contributed by atoms with van der Waals surface area (Å²) in [6, 6.07) is 25.2. The van der Waals surface area contributed by atoms with Gasteiger partial charge in [0.05, 0.1) is 11.8 Å². The minimum absolute atomic E-state index is 0.0453. The van der Waals surface area contributed by atoms with Crippen LogP contribution in [0.15, 0.2) is 106 Å². The van der Waals surface area contributed by atoms with E-state index < -0.39 is 5.91 Å². The van der Waals surface area contributed by atoms with Gasteiger partial charge in [-0.25, -0.2) is 0 Å². The van der Waals surface area contributed by atoms with Crippen LogP contribution < -0.4 is 14.8 Å². The van der Waals surface area contributed by atoms with Gasteiger partial charge in [-0.3, -0.25) is 4.79 Å². The van der Waals surface area contributed by atoms with Crippen LogP contribution in [0.25, 0.3) is 22.6 Å². The highest BCUT2D eigenvalue weighted by Gasteiger charge is 2.30. The summed E-state index contributed by atoms with van der Waals surface area (Å²) in [5.41, 5.74) is 4.26. The van der Waals surface area contributed by atoms with Gasteiger partial charge in [0.1, 0.15) is 42.6 Å². The van der Waals surface area contributed by atoms with Crippen molar-refractivity contribution in [2.75, 3.05) is 13.2 Å². The largest absolute Gasteiger partial charge is 0.488 e. The second kappa shape index (κ2) is 15.4. The Balaban J connectivity index is 1.62. The Morgan fingerprint density at radius 2 is 1.61 bits per heavy atom. The molecule has 0 bridgehead atoms. The third-order valence-corrected chi connectivity index (χ3v) is 6.92. The number of hydrogen-bond acceptors (Lipinski definition) is 9. The molecular weight excluding hydrogens is 584 g/mol. The summed E-state index contributed by atoms with van der Waals surface area (Å²) in [4.78, 5) is 18.3. The molecule has 0 unspecified atom stereocenters. The number of aromatic nitrogens is 2. The molecule has 5 aromatic rings. The van der Waals surface area contributed by atoms with Crippen LogP contribution in [0.5, 0.6) is 11.5 Å². The van der Waals surface area contributed by atoms with Crippen LogP contribution in [0.3, 0.4) is 0 Å². The lowest BCUT2D eigenvalue weighted by Crippen LogP contribution is -2.23. The minimum Gasteiger partial charge on any atom is -0.488 e. The van der Waals surface area contributed by atoms with Crippen LogP contribution in [-0.2, 0) is 18.1 Å². The van der Waals surface area contributed by atoms with E-state index in [1.165, 1.54) is 6.21 Å². The average Bonchev–Trinajstić information content (AvgIpc) is 3.73. The van der Waals surface area contributed by atoms with Gasteiger partial charge in [0.25, 0.3) is 5.91 Å². The number of nitrogens with one attached hydrogen (secondary N) is 1. The zero-order chi connectivity index (χ0) is 32.3. The van der Waals surface area contributed by atoms with Gasteiger partial charge in [-0.1, -0.05) is 103 Å². The predicted octanol–water partition coefficient (Wildman–Crippen LogP) is 7.56. The van der Waals surface area contributed by atoms with Gasteiger partial charge in [-0.15, -0.1) is 0 Å². The lowest BCUT2D eigenvalue weighted by atomic mass is 9.95. The van der Waals surface area contributed by atoms with E-state index in [1.807, 2.05) is 79.7 Å². The molecule has 0 saturated heterocycles. The number of amides is 1. The number of oxime groups is 1. The molecule has 0 saturated carbocycles. The molecule has 3 aromatic carbocycles. The molecule has 10 heteroatoms. The van der Waals surface area contributed by atoms with Gasteiger partial charge in [-0.05, 0) is 35.6 Å². The Hall–Kier alpha value is -5.64. The fraction of sp³-hybridized carbons (Fsp3) is 0.222. The number of benzene rings is 3. The van der Waals surface area contributed by atoms with Crippen LogP contribution in [-0.4, -0.2) is 35.6 Å². The highest BCUT2D eigenvalue weighted by molar-refractivity contribution is 6.02. The number of ether oxygens (including phenoxy) is 2. The first kappa shape index (κ1) is 31.8.